The van der Waals surface area contributed by atoms with Crippen molar-refractivity contribution in [3.05, 3.63) is 0 Å². The quantitative estimate of drug-likeness (QED) is 0.731. The highest BCUT2D eigenvalue weighted by molar-refractivity contribution is 5.83. The van der Waals surface area contributed by atoms with Crippen LogP contribution in [0.5, 0.6) is 0 Å². The molecule has 0 radical (unpaired) electrons. The Kier molecular flexibility index (Phi) is 2.69. The highest BCUT2D eigenvalue weighted by atomic mass is 16.6. The molecule has 0 unspecified atom stereocenters. The van der Waals surface area contributed by atoms with Gasteiger partial charge in [0.25, 0.3) is 0 Å². The number of ether oxygens (including phenoxy) is 1. The third kappa shape index (κ3) is 1.56. The number of carbonyl (C=O) groups is 1. The van der Waals surface area contributed by atoms with Crippen molar-refractivity contribution < 1.29 is 9.53 Å². The molecule has 0 amide bonds. The molecular weight excluding hydrogens is 226 g/mol. The van der Waals surface area contributed by atoms with E-state index < -0.39 is 11.1 Å². The van der Waals surface area contributed by atoms with Crippen LogP contribution in [0.2, 0.25) is 0 Å². The zero-order chi connectivity index (χ0) is 14.0. The van der Waals surface area contributed by atoms with E-state index in [0.717, 1.165) is 12.8 Å². The first-order valence-electron chi connectivity index (χ1n) is 6.96. The normalized spacial score (nSPS) is 42.1. The fourth-order valence-corrected chi connectivity index (χ4v) is 4.04. The van der Waals surface area contributed by atoms with E-state index in [1.165, 1.54) is 6.42 Å². The van der Waals surface area contributed by atoms with Crippen molar-refractivity contribution in [2.45, 2.75) is 71.9 Å². The van der Waals surface area contributed by atoms with Crippen molar-refractivity contribution in [2.75, 3.05) is 0 Å². The van der Waals surface area contributed by atoms with Crippen LogP contribution in [0.1, 0.15) is 60.8 Å². The number of rotatable bonds is 1. The van der Waals surface area contributed by atoms with Crippen LogP contribution in [0.25, 0.3) is 0 Å². The molecule has 3 atom stereocenters. The van der Waals surface area contributed by atoms with Gasteiger partial charge in [0.2, 0.25) is 0 Å². The van der Waals surface area contributed by atoms with Crippen LogP contribution < -0.4 is 5.73 Å². The number of nitrogens with two attached hydrogens (primary N) is 1. The van der Waals surface area contributed by atoms with Gasteiger partial charge < -0.3 is 10.5 Å². The summed E-state index contributed by atoms with van der Waals surface area (Å²) >= 11 is 0. The lowest BCUT2D eigenvalue weighted by Gasteiger charge is -2.45. The van der Waals surface area contributed by atoms with E-state index >= 15 is 0 Å². The van der Waals surface area contributed by atoms with Crippen LogP contribution in [0.3, 0.4) is 0 Å². The molecule has 0 aromatic heterocycles. The summed E-state index contributed by atoms with van der Waals surface area (Å²) in [5, 5.41) is 0. The monoisotopic (exact) mass is 253 g/mol. The first-order chi connectivity index (χ1) is 7.94. The molecule has 0 heterocycles. The van der Waals surface area contributed by atoms with Crippen LogP contribution in [0.4, 0.5) is 0 Å². The van der Waals surface area contributed by atoms with Crippen molar-refractivity contribution in [3.63, 3.8) is 0 Å². The van der Waals surface area contributed by atoms with E-state index in [2.05, 4.69) is 20.8 Å². The average Bonchev–Trinajstić information content (AvgIpc) is 2.47. The van der Waals surface area contributed by atoms with E-state index in [1.807, 2.05) is 20.8 Å². The molecular formula is C15H27NO2. The van der Waals surface area contributed by atoms with Gasteiger partial charge in [0.1, 0.15) is 11.1 Å². The van der Waals surface area contributed by atoms with E-state index in [-0.39, 0.29) is 16.8 Å². The van der Waals surface area contributed by atoms with E-state index in [1.54, 1.807) is 0 Å². The standard InChI is InChI=1S/C15H27NO2/c1-12(2,3)18-11(17)15(16)9-10-7-8-14(15,6)13(10,4)5/h10H,7-9,16H2,1-6H3/t10-,14-,15+/m1/s1. The summed E-state index contributed by atoms with van der Waals surface area (Å²) in [5.74, 6) is 0.327. The molecule has 2 aliphatic carbocycles. The first-order valence-corrected chi connectivity index (χ1v) is 6.96. The maximum atomic E-state index is 12.5. The number of esters is 1. The van der Waals surface area contributed by atoms with Gasteiger partial charge in [-0.2, -0.15) is 0 Å². The van der Waals surface area contributed by atoms with Crippen LogP contribution in [0.15, 0.2) is 0 Å². The summed E-state index contributed by atoms with van der Waals surface area (Å²) in [5.41, 5.74) is 5.23. The van der Waals surface area contributed by atoms with Gasteiger partial charge in [-0.25, -0.2) is 0 Å². The van der Waals surface area contributed by atoms with Crippen LogP contribution >= 0.6 is 0 Å². The Hall–Kier alpha value is -0.570. The van der Waals surface area contributed by atoms with Crippen molar-refractivity contribution in [1.82, 2.24) is 0 Å². The Balaban J connectivity index is 2.32. The number of hydrogen-bond acceptors (Lipinski definition) is 3. The third-order valence-electron chi connectivity index (χ3n) is 5.75. The molecule has 0 saturated heterocycles. The van der Waals surface area contributed by atoms with Gasteiger partial charge in [-0.15, -0.1) is 0 Å². The topological polar surface area (TPSA) is 52.3 Å². The lowest BCUT2D eigenvalue weighted by atomic mass is 9.63. The maximum Gasteiger partial charge on any atom is 0.327 e. The summed E-state index contributed by atoms with van der Waals surface area (Å²) in [6.45, 7) is 12.4. The molecule has 2 saturated carbocycles. The predicted molar refractivity (Wildman–Crippen MR) is 72.0 cm³/mol. The van der Waals surface area contributed by atoms with Crippen LogP contribution in [-0.4, -0.2) is 17.1 Å². The zero-order valence-electron chi connectivity index (χ0n) is 12.6. The number of fused-ring (bicyclic) bond motifs is 2. The molecule has 2 fully saturated rings. The highest BCUT2D eigenvalue weighted by Crippen LogP contribution is 2.69. The Morgan fingerprint density at radius 3 is 2.17 bits per heavy atom. The summed E-state index contributed by atoms with van der Waals surface area (Å²) in [4.78, 5) is 12.5. The van der Waals surface area contributed by atoms with Crippen molar-refractivity contribution >= 4 is 5.97 Å². The fraction of sp³-hybridized carbons (Fsp3) is 0.933. The summed E-state index contributed by atoms with van der Waals surface area (Å²) in [6, 6.07) is 0. The van der Waals surface area contributed by atoms with Gasteiger partial charge >= 0.3 is 5.97 Å². The Bertz CT molecular complexity index is 382. The van der Waals surface area contributed by atoms with E-state index in [9.17, 15) is 4.79 Å². The number of hydrogen-bond donors (Lipinski definition) is 1. The molecule has 2 bridgehead atoms. The smallest absolute Gasteiger partial charge is 0.327 e. The molecule has 0 aromatic carbocycles. The zero-order valence-corrected chi connectivity index (χ0v) is 12.6. The second kappa shape index (κ2) is 3.50. The average molecular weight is 253 g/mol. The Morgan fingerprint density at radius 2 is 1.83 bits per heavy atom. The van der Waals surface area contributed by atoms with Gasteiger partial charge in [-0.1, -0.05) is 20.8 Å². The minimum Gasteiger partial charge on any atom is -0.459 e. The van der Waals surface area contributed by atoms with Crippen molar-refractivity contribution in [2.24, 2.45) is 22.5 Å². The molecule has 0 aromatic rings. The van der Waals surface area contributed by atoms with E-state index in [4.69, 9.17) is 10.5 Å². The minimum absolute atomic E-state index is 0.124. The van der Waals surface area contributed by atoms with Crippen LogP contribution in [-0.2, 0) is 9.53 Å². The van der Waals surface area contributed by atoms with Gasteiger partial charge in [0.05, 0.1) is 0 Å². The second-order valence-corrected chi connectivity index (χ2v) is 7.97. The number of carbonyl (C=O) groups excluding carboxylic acids is 1. The summed E-state index contributed by atoms with van der Waals surface area (Å²) in [6.07, 6.45) is 2.98. The van der Waals surface area contributed by atoms with Crippen molar-refractivity contribution in [3.8, 4) is 0 Å². The van der Waals surface area contributed by atoms with Gasteiger partial charge in [-0.3, -0.25) is 4.79 Å². The molecule has 104 valence electrons. The molecule has 2 aliphatic rings. The molecule has 18 heavy (non-hydrogen) atoms. The maximum absolute atomic E-state index is 12.5. The van der Waals surface area contributed by atoms with E-state index in [0.29, 0.717) is 5.92 Å². The lowest BCUT2D eigenvalue weighted by Crippen LogP contribution is -2.61. The van der Waals surface area contributed by atoms with Crippen LogP contribution in [0, 0.1) is 16.7 Å². The molecule has 3 heteroatoms. The fourth-order valence-electron chi connectivity index (χ4n) is 4.04. The molecule has 0 spiro atoms. The van der Waals surface area contributed by atoms with Gasteiger partial charge in [0, 0.05) is 5.41 Å². The molecule has 0 aliphatic heterocycles. The lowest BCUT2D eigenvalue weighted by molar-refractivity contribution is -0.168. The Labute approximate surface area is 110 Å². The summed E-state index contributed by atoms with van der Waals surface area (Å²) < 4.78 is 5.57. The minimum atomic E-state index is -0.813. The van der Waals surface area contributed by atoms with Gasteiger partial charge in [0.15, 0.2) is 0 Å². The van der Waals surface area contributed by atoms with Gasteiger partial charge in [-0.05, 0) is 51.4 Å². The summed E-state index contributed by atoms with van der Waals surface area (Å²) in [7, 11) is 0. The largest absolute Gasteiger partial charge is 0.459 e. The van der Waals surface area contributed by atoms with Crippen molar-refractivity contribution in [1.29, 1.82) is 0 Å². The first kappa shape index (κ1) is 13.9. The Morgan fingerprint density at radius 1 is 1.28 bits per heavy atom. The molecule has 2 N–H and O–H groups in total. The second-order valence-electron chi connectivity index (χ2n) is 7.97. The third-order valence-corrected chi connectivity index (χ3v) is 5.75. The SMILES string of the molecule is CC(C)(C)OC(=O)[C@@]1(N)C[C@H]2CC[C@]1(C)C2(C)C. The predicted octanol–water partition coefficient (Wildman–Crippen LogP) is 2.87. The highest BCUT2D eigenvalue weighted by Gasteiger charge is 2.70. The molecule has 3 nitrogen and oxygen atoms in total. The molecule has 2 rings (SSSR count).